The molecule has 106 valence electrons. The van der Waals surface area contributed by atoms with Crippen LogP contribution in [0.5, 0.6) is 5.75 Å². The first-order valence-electron chi connectivity index (χ1n) is 7.45. The second kappa shape index (κ2) is 7.39. The molecule has 0 saturated carbocycles. The molecule has 0 amide bonds. The molecule has 1 aromatic carbocycles. The second-order valence-corrected chi connectivity index (χ2v) is 5.59. The predicted molar refractivity (Wildman–Crippen MR) is 81.1 cm³/mol. The molecule has 1 aliphatic heterocycles. The van der Waals surface area contributed by atoms with Crippen LogP contribution in [0.25, 0.3) is 0 Å². The van der Waals surface area contributed by atoms with Gasteiger partial charge in [0.15, 0.2) is 0 Å². The highest BCUT2D eigenvalue weighted by Gasteiger charge is 2.13. The van der Waals surface area contributed by atoms with E-state index in [2.05, 4.69) is 48.3 Å². The van der Waals surface area contributed by atoms with Gasteiger partial charge in [-0.1, -0.05) is 26.0 Å². The Morgan fingerprint density at radius 2 is 2.05 bits per heavy atom. The highest BCUT2D eigenvalue weighted by molar-refractivity contribution is 5.58. The summed E-state index contributed by atoms with van der Waals surface area (Å²) in [5.41, 5.74) is 1.25. The number of hydrogen-bond acceptors (Lipinski definition) is 3. The van der Waals surface area contributed by atoms with E-state index in [-0.39, 0.29) is 0 Å². The van der Waals surface area contributed by atoms with Crippen molar-refractivity contribution in [2.75, 3.05) is 37.7 Å². The molecule has 0 aromatic heterocycles. The minimum absolute atomic E-state index is 0.689. The van der Waals surface area contributed by atoms with Crippen LogP contribution in [0.4, 0.5) is 5.69 Å². The minimum Gasteiger partial charge on any atom is -0.491 e. The van der Waals surface area contributed by atoms with E-state index in [0.29, 0.717) is 5.92 Å². The van der Waals surface area contributed by atoms with Crippen LogP contribution >= 0.6 is 0 Å². The Labute approximate surface area is 116 Å². The van der Waals surface area contributed by atoms with Gasteiger partial charge in [0.2, 0.25) is 0 Å². The maximum atomic E-state index is 5.98. The third-order valence-electron chi connectivity index (χ3n) is 3.50. The number of nitrogens with one attached hydrogen (secondary N) is 1. The summed E-state index contributed by atoms with van der Waals surface area (Å²) in [6, 6.07) is 8.43. The van der Waals surface area contributed by atoms with Gasteiger partial charge in [-0.05, 0) is 37.4 Å². The van der Waals surface area contributed by atoms with Gasteiger partial charge in [-0.3, -0.25) is 0 Å². The average Bonchev–Trinajstić information content (AvgIpc) is 2.68. The van der Waals surface area contributed by atoms with Crippen molar-refractivity contribution in [1.82, 2.24) is 5.32 Å². The van der Waals surface area contributed by atoms with E-state index in [0.717, 1.165) is 45.0 Å². The lowest BCUT2D eigenvalue weighted by Crippen LogP contribution is -2.28. The molecule has 0 atom stereocenters. The number of nitrogens with zero attached hydrogens (tertiary/aromatic N) is 1. The van der Waals surface area contributed by atoms with Gasteiger partial charge in [-0.15, -0.1) is 0 Å². The van der Waals surface area contributed by atoms with Gasteiger partial charge in [0.1, 0.15) is 5.75 Å². The summed E-state index contributed by atoms with van der Waals surface area (Å²) in [5.74, 6) is 1.72. The topological polar surface area (TPSA) is 24.5 Å². The Bertz CT molecular complexity index is 371. The molecule has 1 aromatic rings. The van der Waals surface area contributed by atoms with Crippen LogP contribution < -0.4 is 15.0 Å². The fourth-order valence-corrected chi connectivity index (χ4v) is 2.33. The Morgan fingerprint density at radius 3 is 2.89 bits per heavy atom. The molecule has 1 N–H and O–H groups in total. The van der Waals surface area contributed by atoms with Gasteiger partial charge in [0, 0.05) is 19.6 Å². The minimum atomic E-state index is 0.689. The summed E-state index contributed by atoms with van der Waals surface area (Å²) in [4.78, 5) is 2.44. The van der Waals surface area contributed by atoms with Crippen LogP contribution in [0.1, 0.15) is 26.7 Å². The Kier molecular flexibility index (Phi) is 5.52. The van der Waals surface area contributed by atoms with Crippen molar-refractivity contribution in [2.45, 2.75) is 26.7 Å². The standard InChI is InChI=1S/C16H26N2O/c1-14(2)8-13-19-16-7-4-3-6-15(16)18-11-5-9-17-10-12-18/h3-4,6-7,14,17H,5,8-13H2,1-2H3. The molecule has 1 heterocycles. The number of rotatable bonds is 5. The number of hydrogen-bond donors (Lipinski definition) is 1. The van der Waals surface area contributed by atoms with Crippen molar-refractivity contribution in [3.05, 3.63) is 24.3 Å². The van der Waals surface area contributed by atoms with Crippen molar-refractivity contribution in [3.8, 4) is 5.75 Å². The molecule has 2 rings (SSSR count). The number of ether oxygens (including phenoxy) is 1. The van der Waals surface area contributed by atoms with E-state index >= 15 is 0 Å². The average molecular weight is 262 g/mol. The monoisotopic (exact) mass is 262 g/mol. The van der Waals surface area contributed by atoms with Crippen molar-refractivity contribution in [1.29, 1.82) is 0 Å². The van der Waals surface area contributed by atoms with E-state index in [1.807, 2.05) is 0 Å². The summed E-state index contributed by atoms with van der Waals surface area (Å²) in [6.07, 6.45) is 2.30. The first kappa shape index (κ1) is 14.2. The van der Waals surface area contributed by atoms with Gasteiger partial charge in [0.05, 0.1) is 12.3 Å². The summed E-state index contributed by atoms with van der Waals surface area (Å²) in [6.45, 7) is 9.61. The first-order chi connectivity index (χ1) is 9.27. The number of benzene rings is 1. The summed E-state index contributed by atoms with van der Waals surface area (Å²) < 4.78 is 5.98. The maximum Gasteiger partial charge on any atom is 0.142 e. The van der Waals surface area contributed by atoms with Crippen LogP contribution in [0.3, 0.4) is 0 Å². The van der Waals surface area contributed by atoms with Crippen LogP contribution in [0.2, 0.25) is 0 Å². The van der Waals surface area contributed by atoms with Gasteiger partial charge >= 0.3 is 0 Å². The Balaban J connectivity index is 2.02. The van der Waals surface area contributed by atoms with Crippen molar-refractivity contribution in [2.24, 2.45) is 5.92 Å². The van der Waals surface area contributed by atoms with Crippen molar-refractivity contribution in [3.63, 3.8) is 0 Å². The third kappa shape index (κ3) is 4.43. The SMILES string of the molecule is CC(C)CCOc1ccccc1N1CCCNCC1. The fourth-order valence-electron chi connectivity index (χ4n) is 2.33. The van der Waals surface area contributed by atoms with E-state index in [1.165, 1.54) is 12.1 Å². The van der Waals surface area contributed by atoms with E-state index in [4.69, 9.17) is 4.74 Å². The Morgan fingerprint density at radius 1 is 1.21 bits per heavy atom. The van der Waals surface area contributed by atoms with Crippen LogP contribution in [0, 0.1) is 5.92 Å². The fraction of sp³-hybridized carbons (Fsp3) is 0.625. The lowest BCUT2D eigenvalue weighted by molar-refractivity contribution is 0.290. The zero-order valence-electron chi connectivity index (χ0n) is 12.2. The quantitative estimate of drug-likeness (QED) is 0.883. The lowest BCUT2D eigenvalue weighted by Gasteiger charge is -2.25. The zero-order valence-corrected chi connectivity index (χ0v) is 12.2. The molecule has 3 heteroatoms. The van der Waals surface area contributed by atoms with E-state index in [1.54, 1.807) is 0 Å². The highest BCUT2D eigenvalue weighted by atomic mass is 16.5. The zero-order chi connectivity index (χ0) is 13.5. The second-order valence-electron chi connectivity index (χ2n) is 5.59. The lowest BCUT2D eigenvalue weighted by atomic mass is 10.1. The van der Waals surface area contributed by atoms with Crippen LogP contribution in [0.15, 0.2) is 24.3 Å². The molecule has 0 aliphatic carbocycles. The van der Waals surface area contributed by atoms with Crippen LogP contribution in [-0.4, -0.2) is 32.8 Å². The third-order valence-corrected chi connectivity index (χ3v) is 3.50. The Hall–Kier alpha value is -1.22. The molecule has 1 fully saturated rings. The number of para-hydroxylation sites is 2. The molecule has 19 heavy (non-hydrogen) atoms. The maximum absolute atomic E-state index is 5.98. The highest BCUT2D eigenvalue weighted by Crippen LogP contribution is 2.28. The first-order valence-corrected chi connectivity index (χ1v) is 7.45. The van der Waals surface area contributed by atoms with E-state index in [9.17, 15) is 0 Å². The molecular weight excluding hydrogens is 236 g/mol. The summed E-state index contributed by atoms with van der Waals surface area (Å²) in [5, 5.41) is 3.44. The summed E-state index contributed by atoms with van der Waals surface area (Å²) >= 11 is 0. The largest absolute Gasteiger partial charge is 0.491 e. The molecule has 1 saturated heterocycles. The molecule has 0 spiro atoms. The van der Waals surface area contributed by atoms with Crippen LogP contribution in [-0.2, 0) is 0 Å². The van der Waals surface area contributed by atoms with Crippen molar-refractivity contribution < 1.29 is 4.74 Å². The number of anilines is 1. The van der Waals surface area contributed by atoms with Gasteiger partial charge in [0.25, 0.3) is 0 Å². The van der Waals surface area contributed by atoms with E-state index < -0.39 is 0 Å². The summed E-state index contributed by atoms with van der Waals surface area (Å²) in [7, 11) is 0. The molecule has 1 aliphatic rings. The predicted octanol–water partition coefficient (Wildman–Crippen LogP) is 2.91. The molecule has 0 unspecified atom stereocenters. The van der Waals surface area contributed by atoms with Crippen molar-refractivity contribution >= 4 is 5.69 Å². The smallest absolute Gasteiger partial charge is 0.142 e. The normalized spacial score (nSPS) is 16.5. The molecule has 0 bridgehead atoms. The van der Waals surface area contributed by atoms with Gasteiger partial charge in [-0.25, -0.2) is 0 Å². The molecular formula is C16H26N2O. The molecule has 3 nitrogen and oxygen atoms in total. The van der Waals surface area contributed by atoms with Gasteiger partial charge in [-0.2, -0.15) is 0 Å². The van der Waals surface area contributed by atoms with Gasteiger partial charge < -0.3 is 15.0 Å². The molecule has 0 radical (unpaired) electrons.